The van der Waals surface area contributed by atoms with Gasteiger partial charge in [0.15, 0.2) is 5.82 Å². The van der Waals surface area contributed by atoms with Gasteiger partial charge in [-0.25, -0.2) is 9.97 Å². The number of likely N-dealkylation sites (N-methyl/N-ethyl adjacent to an activating group) is 1. The first-order chi connectivity index (χ1) is 13.8. The van der Waals surface area contributed by atoms with Crippen LogP contribution in [-0.4, -0.2) is 48.1 Å². The highest BCUT2D eigenvalue weighted by atomic mass is 32.1. The molecule has 0 radical (unpaired) electrons. The predicted octanol–water partition coefficient (Wildman–Crippen LogP) is 4.31. The molecular formula is C20H18F3N5S. The standard InChI is InChI=1S/C20H18F3N5S/c1-12-15(11-24)29-19-16(12)18(28-9-7-27(2)8-10-28)25-17(26-19)13-3-5-14(6-4-13)20(21,22)23/h3-6H,7-10H2,1-2H3. The van der Waals surface area contributed by atoms with Crippen molar-refractivity contribution < 1.29 is 13.2 Å². The summed E-state index contributed by atoms with van der Waals surface area (Å²) in [6, 6.07) is 7.07. The van der Waals surface area contributed by atoms with E-state index >= 15 is 0 Å². The van der Waals surface area contributed by atoms with Gasteiger partial charge < -0.3 is 9.80 Å². The Morgan fingerprint density at radius 1 is 1.07 bits per heavy atom. The summed E-state index contributed by atoms with van der Waals surface area (Å²) in [6.45, 7) is 5.22. The fraction of sp³-hybridized carbons (Fsp3) is 0.350. The maximum Gasteiger partial charge on any atom is 0.416 e. The number of nitriles is 1. The minimum Gasteiger partial charge on any atom is -0.353 e. The smallest absolute Gasteiger partial charge is 0.353 e. The number of benzene rings is 1. The summed E-state index contributed by atoms with van der Waals surface area (Å²) in [5.74, 6) is 1.11. The van der Waals surface area contributed by atoms with Crippen LogP contribution in [0, 0.1) is 18.3 Å². The molecule has 1 aliphatic rings. The molecule has 5 nitrogen and oxygen atoms in total. The second-order valence-corrected chi connectivity index (χ2v) is 8.08. The van der Waals surface area contributed by atoms with E-state index in [4.69, 9.17) is 4.98 Å². The van der Waals surface area contributed by atoms with Gasteiger partial charge >= 0.3 is 6.18 Å². The van der Waals surface area contributed by atoms with Crippen LogP contribution in [0.2, 0.25) is 0 Å². The number of anilines is 1. The molecule has 0 unspecified atom stereocenters. The van der Waals surface area contributed by atoms with Crippen molar-refractivity contribution in [3.05, 3.63) is 40.3 Å². The minimum absolute atomic E-state index is 0.367. The minimum atomic E-state index is -4.39. The van der Waals surface area contributed by atoms with Crippen molar-refractivity contribution >= 4 is 27.4 Å². The number of hydrogen-bond donors (Lipinski definition) is 0. The molecule has 4 rings (SSSR count). The van der Waals surface area contributed by atoms with E-state index in [1.54, 1.807) is 0 Å². The zero-order valence-corrected chi connectivity index (χ0v) is 16.7. The van der Waals surface area contributed by atoms with Gasteiger partial charge in [-0.1, -0.05) is 12.1 Å². The third-order valence-electron chi connectivity index (χ3n) is 5.15. The van der Waals surface area contributed by atoms with E-state index in [-0.39, 0.29) is 0 Å². The van der Waals surface area contributed by atoms with Crippen LogP contribution >= 0.6 is 11.3 Å². The average Bonchev–Trinajstić information content (AvgIpc) is 3.03. The molecule has 150 valence electrons. The van der Waals surface area contributed by atoms with Gasteiger partial charge in [0.2, 0.25) is 0 Å². The fourth-order valence-electron chi connectivity index (χ4n) is 3.41. The van der Waals surface area contributed by atoms with Crippen molar-refractivity contribution in [1.29, 1.82) is 5.26 Å². The summed E-state index contributed by atoms with van der Waals surface area (Å²) in [5.41, 5.74) is 0.653. The second kappa shape index (κ2) is 7.28. The lowest BCUT2D eigenvalue weighted by molar-refractivity contribution is -0.137. The molecule has 0 saturated carbocycles. The lowest BCUT2D eigenvalue weighted by Gasteiger charge is -2.33. The SMILES string of the molecule is Cc1c(C#N)sc2nc(-c3ccc(C(F)(F)F)cc3)nc(N3CCN(C)CC3)c12. The van der Waals surface area contributed by atoms with E-state index in [1.807, 2.05) is 6.92 Å². The maximum absolute atomic E-state index is 12.9. The molecule has 1 fully saturated rings. The largest absolute Gasteiger partial charge is 0.416 e. The first-order valence-electron chi connectivity index (χ1n) is 9.10. The fourth-order valence-corrected chi connectivity index (χ4v) is 4.38. The Morgan fingerprint density at radius 3 is 2.31 bits per heavy atom. The van der Waals surface area contributed by atoms with Crippen molar-refractivity contribution in [2.45, 2.75) is 13.1 Å². The summed E-state index contributed by atoms with van der Waals surface area (Å²) in [6.07, 6.45) is -4.39. The van der Waals surface area contributed by atoms with Gasteiger partial charge in [0, 0.05) is 31.7 Å². The van der Waals surface area contributed by atoms with Gasteiger partial charge in [-0.2, -0.15) is 18.4 Å². The number of aromatic nitrogens is 2. The van der Waals surface area contributed by atoms with Crippen molar-refractivity contribution in [1.82, 2.24) is 14.9 Å². The number of thiophene rings is 1. The van der Waals surface area contributed by atoms with Gasteiger partial charge in [-0.05, 0) is 31.7 Å². The second-order valence-electron chi connectivity index (χ2n) is 7.08. The first kappa shape index (κ1) is 19.6. The molecule has 1 saturated heterocycles. The van der Waals surface area contributed by atoms with Crippen LogP contribution in [0.3, 0.4) is 0 Å². The van der Waals surface area contributed by atoms with E-state index in [2.05, 4.69) is 27.9 Å². The normalized spacial score (nSPS) is 15.7. The molecule has 2 aromatic heterocycles. The van der Waals surface area contributed by atoms with Gasteiger partial charge in [0.1, 0.15) is 21.6 Å². The van der Waals surface area contributed by atoms with Crippen molar-refractivity contribution in [2.75, 3.05) is 38.1 Å². The van der Waals surface area contributed by atoms with Gasteiger partial charge in [0.25, 0.3) is 0 Å². The van der Waals surface area contributed by atoms with Crippen LogP contribution in [0.5, 0.6) is 0 Å². The van der Waals surface area contributed by atoms with E-state index in [9.17, 15) is 18.4 Å². The average molecular weight is 417 g/mol. The Morgan fingerprint density at radius 2 is 1.72 bits per heavy atom. The molecule has 0 spiro atoms. The molecule has 0 N–H and O–H groups in total. The topological polar surface area (TPSA) is 56.1 Å². The van der Waals surface area contributed by atoms with Crippen molar-refractivity contribution in [3.8, 4) is 17.5 Å². The van der Waals surface area contributed by atoms with Crippen molar-refractivity contribution in [3.63, 3.8) is 0 Å². The van der Waals surface area contributed by atoms with E-state index < -0.39 is 11.7 Å². The highest BCUT2D eigenvalue weighted by Crippen LogP contribution is 2.37. The number of nitrogens with zero attached hydrogens (tertiary/aromatic N) is 5. The number of halogens is 3. The summed E-state index contributed by atoms with van der Waals surface area (Å²) in [7, 11) is 2.06. The molecule has 1 aromatic carbocycles. The Balaban J connectivity index is 1.84. The van der Waals surface area contributed by atoms with Crippen LogP contribution < -0.4 is 4.90 Å². The highest BCUT2D eigenvalue weighted by Gasteiger charge is 2.30. The third-order valence-corrected chi connectivity index (χ3v) is 6.24. The molecule has 0 atom stereocenters. The molecule has 0 amide bonds. The van der Waals surface area contributed by atoms with Crippen LogP contribution in [0.4, 0.5) is 19.0 Å². The van der Waals surface area contributed by atoms with E-state index in [1.165, 1.54) is 23.5 Å². The van der Waals surface area contributed by atoms with E-state index in [0.717, 1.165) is 55.1 Å². The van der Waals surface area contributed by atoms with Crippen LogP contribution in [-0.2, 0) is 6.18 Å². The maximum atomic E-state index is 12.9. The zero-order valence-electron chi connectivity index (χ0n) is 15.9. The number of fused-ring (bicyclic) bond motifs is 1. The molecule has 0 aliphatic carbocycles. The number of hydrogen-bond acceptors (Lipinski definition) is 6. The van der Waals surface area contributed by atoms with Crippen LogP contribution in [0.25, 0.3) is 21.6 Å². The van der Waals surface area contributed by atoms with Gasteiger partial charge in [-0.15, -0.1) is 11.3 Å². The Hall–Kier alpha value is -2.70. The third kappa shape index (κ3) is 3.66. The number of alkyl halides is 3. The van der Waals surface area contributed by atoms with Gasteiger partial charge in [-0.3, -0.25) is 0 Å². The molecule has 9 heteroatoms. The highest BCUT2D eigenvalue weighted by molar-refractivity contribution is 7.19. The quantitative estimate of drug-likeness (QED) is 0.622. The molecule has 3 aromatic rings. The molecular weight excluding hydrogens is 399 g/mol. The molecule has 1 aliphatic heterocycles. The summed E-state index contributed by atoms with van der Waals surface area (Å²) in [5, 5.41) is 10.3. The number of rotatable bonds is 2. The predicted molar refractivity (Wildman–Crippen MR) is 107 cm³/mol. The van der Waals surface area contributed by atoms with Crippen LogP contribution in [0.1, 0.15) is 16.0 Å². The monoisotopic (exact) mass is 417 g/mol. The Labute approximate surface area is 170 Å². The zero-order chi connectivity index (χ0) is 20.8. The lowest BCUT2D eigenvalue weighted by Crippen LogP contribution is -2.45. The van der Waals surface area contributed by atoms with E-state index in [0.29, 0.717) is 21.1 Å². The van der Waals surface area contributed by atoms with Crippen LogP contribution in [0.15, 0.2) is 24.3 Å². The molecule has 3 heterocycles. The Kier molecular flexibility index (Phi) is 4.92. The first-order valence-corrected chi connectivity index (χ1v) is 9.92. The lowest BCUT2D eigenvalue weighted by atomic mass is 10.1. The summed E-state index contributed by atoms with van der Waals surface area (Å²) < 4.78 is 38.7. The number of aryl methyl sites for hydroxylation is 1. The Bertz CT molecular complexity index is 1090. The summed E-state index contributed by atoms with van der Waals surface area (Å²) >= 11 is 1.29. The summed E-state index contributed by atoms with van der Waals surface area (Å²) in [4.78, 5) is 15.0. The van der Waals surface area contributed by atoms with Gasteiger partial charge in [0.05, 0.1) is 10.9 Å². The number of piperazine rings is 1. The molecule has 29 heavy (non-hydrogen) atoms. The molecule has 0 bridgehead atoms. The van der Waals surface area contributed by atoms with Crippen molar-refractivity contribution in [2.24, 2.45) is 0 Å².